The van der Waals surface area contributed by atoms with Crippen LogP contribution in [0, 0.1) is 0 Å². The Morgan fingerprint density at radius 1 is 1.42 bits per heavy atom. The molecule has 0 radical (unpaired) electrons. The van der Waals surface area contributed by atoms with Crippen LogP contribution in [0.1, 0.15) is 19.3 Å². The van der Waals surface area contributed by atoms with Crippen LogP contribution in [-0.2, 0) is 14.3 Å². The Morgan fingerprint density at radius 2 is 2.05 bits per heavy atom. The van der Waals surface area contributed by atoms with Crippen LogP contribution in [0.2, 0.25) is 0 Å². The van der Waals surface area contributed by atoms with Crippen LogP contribution in [0.3, 0.4) is 0 Å². The van der Waals surface area contributed by atoms with Crippen molar-refractivity contribution in [1.29, 1.82) is 0 Å². The van der Waals surface area contributed by atoms with Crippen molar-refractivity contribution in [2.75, 3.05) is 40.5 Å². The van der Waals surface area contributed by atoms with Gasteiger partial charge in [0.15, 0.2) is 0 Å². The maximum Gasteiger partial charge on any atom is 0.329 e. The van der Waals surface area contributed by atoms with Gasteiger partial charge in [0.1, 0.15) is 5.54 Å². The molecule has 0 aromatic rings. The molecule has 1 rings (SSSR count). The first-order valence-electron chi connectivity index (χ1n) is 6.35. The molecule has 0 saturated carbocycles. The van der Waals surface area contributed by atoms with E-state index < -0.39 is 11.5 Å². The lowest BCUT2D eigenvalue weighted by Crippen LogP contribution is -2.59. The third-order valence-corrected chi connectivity index (χ3v) is 3.29. The standard InChI is InChI=1S/C12H22N2O5/c1-14(6-3-7-18-2)11(17)13-12(10(15)16)4-8-19-9-5-12/h3-9H2,1-2H3,(H,13,17)(H,15,16). The number of urea groups is 1. The Bertz CT molecular complexity index is 315. The predicted octanol–water partition coefficient (Wildman–Crippen LogP) is 0.298. The number of nitrogens with one attached hydrogen (secondary N) is 1. The summed E-state index contributed by atoms with van der Waals surface area (Å²) in [6.07, 6.45) is 1.30. The summed E-state index contributed by atoms with van der Waals surface area (Å²) >= 11 is 0. The second kappa shape index (κ2) is 7.30. The number of carbonyl (C=O) groups is 2. The van der Waals surface area contributed by atoms with Gasteiger partial charge in [0.05, 0.1) is 0 Å². The number of nitrogens with zero attached hydrogens (tertiary/aromatic N) is 1. The Morgan fingerprint density at radius 3 is 2.58 bits per heavy atom. The molecule has 7 nitrogen and oxygen atoms in total. The average Bonchev–Trinajstić information content (AvgIpc) is 2.39. The monoisotopic (exact) mass is 274 g/mol. The number of hydrogen-bond acceptors (Lipinski definition) is 4. The lowest BCUT2D eigenvalue weighted by atomic mass is 9.90. The van der Waals surface area contributed by atoms with Crippen molar-refractivity contribution in [1.82, 2.24) is 10.2 Å². The van der Waals surface area contributed by atoms with Crippen LogP contribution in [0.4, 0.5) is 4.79 Å². The smallest absolute Gasteiger partial charge is 0.329 e. The van der Waals surface area contributed by atoms with Gasteiger partial charge in [-0.25, -0.2) is 9.59 Å². The van der Waals surface area contributed by atoms with Gasteiger partial charge in [0.2, 0.25) is 0 Å². The second-order valence-corrected chi connectivity index (χ2v) is 4.70. The van der Waals surface area contributed by atoms with Crippen molar-refractivity contribution < 1.29 is 24.2 Å². The highest BCUT2D eigenvalue weighted by Crippen LogP contribution is 2.21. The number of hydrogen-bond donors (Lipinski definition) is 2. The molecule has 110 valence electrons. The summed E-state index contributed by atoms with van der Waals surface area (Å²) in [5.74, 6) is -1.01. The van der Waals surface area contributed by atoms with Crippen LogP contribution in [0.25, 0.3) is 0 Å². The van der Waals surface area contributed by atoms with Gasteiger partial charge >= 0.3 is 12.0 Å². The van der Waals surface area contributed by atoms with E-state index in [4.69, 9.17) is 9.47 Å². The molecule has 0 aromatic carbocycles. The van der Waals surface area contributed by atoms with Crippen molar-refractivity contribution in [2.24, 2.45) is 0 Å². The van der Waals surface area contributed by atoms with Crippen molar-refractivity contribution in [3.05, 3.63) is 0 Å². The molecule has 1 aliphatic rings. The first-order chi connectivity index (χ1) is 9.02. The molecule has 1 fully saturated rings. The zero-order chi connectivity index (χ0) is 14.3. The van der Waals surface area contributed by atoms with E-state index >= 15 is 0 Å². The van der Waals surface area contributed by atoms with Gasteiger partial charge in [-0.1, -0.05) is 0 Å². The summed E-state index contributed by atoms with van der Waals surface area (Å²) in [4.78, 5) is 24.8. The van der Waals surface area contributed by atoms with Crippen molar-refractivity contribution in [3.63, 3.8) is 0 Å². The summed E-state index contributed by atoms with van der Waals surface area (Å²) in [5, 5.41) is 11.9. The molecule has 0 aromatic heterocycles. The van der Waals surface area contributed by atoms with Gasteiger partial charge in [0.25, 0.3) is 0 Å². The number of carboxylic acids is 1. The Labute approximate surface area is 112 Å². The molecule has 2 amide bonds. The summed E-state index contributed by atoms with van der Waals surface area (Å²) in [6, 6.07) is -0.375. The number of carboxylic acid groups (broad SMARTS) is 1. The van der Waals surface area contributed by atoms with E-state index in [0.717, 1.165) is 0 Å². The summed E-state index contributed by atoms with van der Waals surface area (Å²) in [6.45, 7) is 1.78. The van der Waals surface area contributed by atoms with Crippen molar-refractivity contribution in [2.45, 2.75) is 24.8 Å². The lowest BCUT2D eigenvalue weighted by Gasteiger charge is -2.35. The highest BCUT2D eigenvalue weighted by atomic mass is 16.5. The highest BCUT2D eigenvalue weighted by molar-refractivity contribution is 5.86. The normalized spacial score (nSPS) is 17.8. The van der Waals surface area contributed by atoms with Crippen LogP contribution in [0.15, 0.2) is 0 Å². The maximum atomic E-state index is 12.0. The van der Waals surface area contributed by atoms with E-state index in [9.17, 15) is 14.7 Å². The van der Waals surface area contributed by atoms with Gasteiger partial charge < -0.3 is 24.8 Å². The molecule has 1 saturated heterocycles. The molecular formula is C12H22N2O5. The third-order valence-electron chi connectivity index (χ3n) is 3.29. The van der Waals surface area contributed by atoms with E-state index in [1.54, 1.807) is 14.2 Å². The minimum Gasteiger partial charge on any atom is -0.480 e. The number of methoxy groups -OCH3 is 1. The average molecular weight is 274 g/mol. The van der Waals surface area contributed by atoms with Crippen LogP contribution in [0.5, 0.6) is 0 Å². The molecule has 19 heavy (non-hydrogen) atoms. The van der Waals surface area contributed by atoms with Gasteiger partial charge in [-0.2, -0.15) is 0 Å². The molecular weight excluding hydrogens is 252 g/mol. The van der Waals surface area contributed by atoms with Gasteiger partial charge in [-0.05, 0) is 6.42 Å². The zero-order valence-electron chi connectivity index (χ0n) is 11.5. The number of carbonyl (C=O) groups excluding carboxylic acids is 1. The van der Waals surface area contributed by atoms with E-state index in [1.165, 1.54) is 4.90 Å². The Hall–Kier alpha value is -1.34. The number of rotatable bonds is 6. The lowest BCUT2D eigenvalue weighted by molar-refractivity contribution is -0.148. The fourth-order valence-corrected chi connectivity index (χ4v) is 1.96. The predicted molar refractivity (Wildman–Crippen MR) is 68.1 cm³/mol. The van der Waals surface area contributed by atoms with Crippen LogP contribution in [-0.4, -0.2) is 68.1 Å². The minimum absolute atomic E-state index is 0.292. The molecule has 0 aliphatic carbocycles. The number of amides is 2. The largest absolute Gasteiger partial charge is 0.480 e. The van der Waals surface area contributed by atoms with Crippen molar-refractivity contribution in [3.8, 4) is 0 Å². The van der Waals surface area contributed by atoms with E-state index in [0.29, 0.717) is 45.6 Å². The van der Waals surface area contributed by atoms with Crippen molar-refractivity contribution >= 4 is 12.0 Å². The molecule has 0 bridgehead atoms. The Kier molecular flexibility index (Phi) is 6.04. The quantitative estimate of drug-likeness (QED) is 0.680. The SMILES string of the molecule is COCCCN(C)C(=O)NC1(C(=O)O)CCOCC1. The van der Waals surface area contributed by atoms with Crippen LogP contribution < -0.4 is 5.32 Å². The molecule has 1 aliphatic heterocycles. The fourth-order valence-electron chi connectivity index (χ4n) is 1.96. The first-order valence-corrected chi connectivity index (χ1v) is 6.35. The zero-order valence-corrected chi connectivity index (χ0v) is 11.5. The molecule has 0 atom stereocenters. The number of aliphatic carboxylic acids is 1. The fraction of sp³-hybridized carbons (Fsp3) is 0.833. The third kappa shape index (κ3) is 4.36. The van der Waals surface area contributed by atoms with E-state index in [2.05, 4.69) is 5.32 Å². The van der Waals surface area contributed by atoms with Gasteiger partial charge in [-0.3, -0.25) is 0 Å². The van der Waals surface area contributed by atoms with Crippen LogP contribution >= 0.6 is 0 Å². The molecule has 1 heterocycles. The van der Waals surface area contributed by atoms with Gasteiger partial charge in [-0.15, -0.1) is 0 Å². The molecule has 0 unspecified atom stereocenters. The summed E-state index contributed by atoms with van der Waals surface area (Å²) in [5.41, 5.74) is -1.20. The highest BCUT2D eigenvalue weighted by Gasteiger charge is 2.42. The van der Waals surface area contributed by atoms with E-state index in [-0.39, 0.29) is 6.03 Å². The second-order valence-electron chi connectivity index (χ2n) is 4.70. The molecule has 0 spiro atoms. The topological polar surface area (TPSA) is 88.1 Å². The Balaban J connectivity index is 2.54. The first kappa shape index (κ1) is 15.7. The number of ether oxygens (including phenoxy) is 2. The van der Waals surface area contributed by atoms with Gasteiger partial charge in [0, 0.05) is 53.4 Å². The molecule has 7 heteroatoms. The summed E-state index contributed by atoms with van der Waals surface area (Å²) in [7, 11) is 3.24. The minimum atomic E-state index is -1.20. The molecule has 2 N–H and O–H groups in total. The maximum absolute atomic E-state index is 12.0. The summed E-state index contributed by atoms with van der Waals surface area (Å²) < 4.78 is 10.1. The van der Waals surface area contributed by atoms with E-state index in [1.807, 2.05) is 0 Å².